The van der Waals surface area contributed by atoms with E-state index in [-0.39, 0.29) is 11.8 Å². The maximum Gasteiger partial charge on any atom is 0.0963 e. The fourth-order valence-corrected chi connectivity index (χ4v) is 3.31. The molecule has 0 spiro atoms. The summed E-state index contributed by atoms with van der Waals surface area (Å²) in [5.74, 6) is 0.122. The van der Waals surface area contributed by atoms with E-state index >= 15 is 0 Å². The van der Waals surface area contributed by atoms with E-state index in [1.165, 1.54) is 0 Å². The van der Waals surface area contributed by atoms with Crippen LogP contribution in [0.25, 0.3) is 0 Å². The minimum Gasteiger partial charge on any atom is -0.392 e. The molecule has 0 aliphatic rings. The molecule has 1 aromatic rings. The highest BCUT2D eigenvalue weighted by Crippen LogP contribution is 2.18. The SMILES string of the molecule is CN=S(=O)(/C=C/[C@H](C)[C@H](O)C(C)C)c1ccccc1. The van der Waals surface area contributed by atoms with Crippen molar-refractivity contribution in [1.82, 2.24) is 0 Å². The summed E-state index contributed by atoms with van der Waals surface area (Å²) in [6.45, 7) is 5.85. The standard InChI is InChI=1S/C15H23NO2S/c1-12(2)15(17)13(3)10-11-19(18,16-4)14-8-6-5-7-9-14/h5-13,15,17H,1-4H3/b11-10+/t13-,15+,19?/m0/s1. The van der Waals surface area contributed by atoms with Gasteiger partial charge in [-0.2, -0.15) is 0 Å². The van der Waals surface area contributed by atoms with Crippen molar-refractivity contribution in [2.75, 3.05) is 7.05 Å². The van der Waals surface area contributed by atoms with Crippen LogP contribution in [0, 0.1) is 11.8 Å². The second-order valence-electron chi connectivity index (χ2n) is 4.99. The van der Waals surface area contributed by atoms with Gasteiger partial charge in [-0.25, -0.2) is 8.57 Å². The third kappa shape index (κ3) is 4.18. The van der Waals surface area contributed by atoms with Gasteiger partial charge in [0.25, 0.3) is 0 Å². The largest absolute Gasteiger partial charge is 0.392 e. The van der Waals surface area contributed by atoms with Crippen LogP contribution < -0.4 is 0 Å². The summed E-state index contributed by atoms with van der Waals surface area (Å²) in [5.41, 5.74) is 0. The van der Waals surface area contributed by atoms with Crippen LogP contribution in [0.4, 0.5) is 0 Å². The Morgan fingerprint density at radius 1 is 1.21 bits per heavy atom. The first kappa shape index (κ1) is 15.9. The minimum absolute atomic E-state index is 0.0497. The van der Waals surface area contributed by atoms with E-state index < -0.39 is 15.8 Å². The zero-order chi connectivity index (χ0) is 14.5. The van der Waals surface area contributed by atoms with Gasteiger partial charge in [0.2, 0.25) is 0 Å². The van der Waals surface area contributed by atoms with Gasteiger partial charge >= 0.3 is 0 Å². The monoisotopic (exact) mass is 281 g/mol. The Morgan fingerprint density at radius 2 is 1.79 bits per heavy atom. The molecule has 0 saturated heterocycles. The quantitative estimate of drug-likeness (QED) is 0.900. The number of aliphatic hydroxyl groups is 1. The van der Waals surface area contributed by atoms with Gasteiger partial charge in [-0.15, -0.1) is 0 Å². The van der Waals surface area contributed by atoms with E-state index in [4.69, 9.17) is 0 Å². The molecule has 0 heterocycles. The number of hydrogen-bond acceptors (Lipinski definition) is 3. The maximum absolute atomic E-state index is 12.7. The lowest BCUT2D eigenvalue weighted by atomic mass is 9.95. The molecule has 0 saturated carbocycles. The highest BCUT2D eigenvalue weighted by atomic mass is 32.2. The first-order chi connectivity index (χ1) is 8.90. The predicted octanol–water partition coefficient (Wildman–Crippen LogP) is 3.31. The molecule has 4 heteroatoms. The molecule has 19 heavy (non-hydrogen) atoms. The van der Waals surface area contributed by atoms with Crippen LogP contribution in [-0.2, 0) is 9.73 Å². The number of nitrogens with zero attached hydrogens (tertiary/aromatic N) is 1. The Kier molecular flexibility index (Phi) is 5.76. The second-order valence-corrected chi connectivity index (χ2v) is 7.23. The number of aliphatic hydroxyl groups excluding tert-OH is 1. The molecule has 1 rings (SSSR count). The van der Waals surface area contributed by atoms with Crippen molar-refractivity contribution in [3.8, 4) is 0 Å². The third-order valence-corrected chi connectivity index (χ3v) is 5.16. The average molecular weight is 281 g/mol. The van der Waals surface area contributed by atoms with Crippen molar-refractivity contribution in [3.05, 3.63) is 41.8 Å². The van der Waals surface area contributed by atoms with Crippen molar-refractivity contribution in [1.29, 1.82) is 0 Å². The molecule has 0 aliphatic carbocycles. The lowest BCUT2D eigenvalue weighted by Gasteiger charge is -2.19. The smallest absolute Gasteiger partial charge is 0.0963 e. The summed E-state index contributed by atoms with van der Waals surface area (Å²) in [6.07, 6.45) is 1.36. The van der Waals surface area contributed by atoms with Crippen molar-refractivity contribution in [3.63, 3.8) is 0 Å². The van der Waals surface area contributed by atoms with Gasteiger partial charge in [-0.1, -0.05) is 45.0 Å². The van der Waals surface area contributed by atoms with Crippen LogP contribution in [0.1, 0.15) is 20.8 Å². The highest BCUT2D eigenvalue weighted by Gasteiger charge is 2.16. The van der Waals surface area contributed by atoms with E-state index in [9.17, 15) is 9.32 Å². The number of hydrogen-bond donors (Lipinski definition) is 1. The van der Waals surface area contributed by atoms with E-state index in [2.05, 4.69) is 4.36 Å². The topological polar surface area (TPSA) is 49.7 Å². The van der Waals surface area contributed by atoms with Crippen LogP contribution in [0.15, 0.2) is 51.1 Å². The molecular weight excluding hydrogens is 258 g/mol. The Hall–Kier alpha value is -1.13. The molecular formula is C15H23NO2S. The summed E-state index contributed by atoms with van der Waals surface area (Å²) in [5, 5.41) is 11.6. The summed E-state index contributed by atoms with van der Waals surface area (Å²) < 4.78 is 16.7. The van der Waals surface area contributed by atoms with Gasteiger partial charge < -0.3 is 5.11 Å². The molecule has 0 bridgehead atoms. The van der Waals surface area contributed by atoms with Crippen LogP contribution >= 0.6 is 0 Å². The Labute approximate surface area is 116 Å². The van der Waals surface area contributed by atoms with Gasteiger partial charge in [-0.05, 0) is 18.1 Å². The zero-order valence-electron chi connectivity index (χ0n) is 12.0. The Morgan fingerprint density at radius 3 is 2.26 bits per heavy atom. The molecule has 1 aromatic carbocycles. The molecule has 0 amide bonds. The zero-order valence-corrected chi connectivity index (χ0v) is 12.8. The fraction of sp³-hybridized carbons (Fsp3) is 0.467. The van der Waals surface area contributed by atoms with Crippen LogP contribution in [-0.4, -0.2) is 22.5 Å². The summed E-state index contributed by atoms with van der Waals surface area (Å²) in [7, 11) is -0.968. The molecule has 1 N–H and O–H groups in total. The molecule has 106 valence electrons. The number of rotatable bonds is 5. The van der Waals surface area contributed by atoms with Gasteiger partial charge in [0, 0.05) is 18.4 Å². The van der Waals surface area contributed by atoms with Crippen LogP contribution in [0.3, 0.4) is 0 Å². The van der Waals surface area contributed by atoms with Crippen LogP contribution in [0.5, 0.6) is 0 Å². The molecule has 3 atom stereocenters. The van der Waals surface area contributed by atoms with Crippen molar-refractivity contribution < 1.29 is 9.32 Å². The summed E-state index contributed by atoms with van der Waals surface area (Å²) >= 11 is 0. The van der Waals surface area contributed by atoms with Gasteiger partial charge in [0.15, 0.2) is 0 Å². The maximum atomic E-state index is 12.7. The van der Waals surface area contributed by atoms with E-state index in [1.807, 2.05) is 51.1 Å². The fourth-order valence-electron chi connectivity index (χ4n) is 1.81. The minimum atomic E-state index is -2.53. The van der Waals surface area contributed by atoms with Crippen molar-refractivity contribution in [2.24, 2.45) is 16.2 Å². The first-order valence-corrected chi connectivity index (χ1v) is 8.05. The Bertz CT molecular complexity index is 528. The van der Waals surface area contributed by atoms with Gasteiger partial charge in [0.1, 0.15) is 0 Å². The highest BCUT2D eigenvalue weighted by molar-refractivity contribution is 7.96. The molecule has 0 aromatic heterocycles. The van der Waals surface area contributed by atoms with Gasteiger partial charge in [-0.3, -0.25) is 0 Å². The first-order valence-electron chi connectivity index (χ1n) is 6.47. The molecule has 0 fully saturated rings. The molecule has 0 radical (unpaired) electrons. The van der Waals surface area contributed by atoms with E-state index in [1.54, 1.807) is 18.5 Å². The van der Waals surface area contributed by atoms with Gasteiger partial charge in [0.05, 0.1) is 20.7 Å². The van der Waals surface area contributed by atoms with Crippen molar-refractivity contribution >= 4 is 9.73 Å². The van der Waals surface area contributed by atoms with Crippen LogP contribution in [0.2, 0.25) is 0 Å². The van der Waals surface area contributed by atoms with Crippen molar-refractivity contribution in [2.45, 2.75) is 31.8 Å². The Balaban J connectivity index is 2.99. The lowest BCUT2D eigenvalue weighted by Crippen LogP contribution is -2.22. The normalized spacial score (nSPS) is 18.2. The predicted molar refractivity (Wildman–Crippen MR) is 80.4 cm³/mol. The average Bonchev–Trinajstić information content (AvgIpc) is 2.44. The second kappa shape index (κ2) is 6.87. The number of benzene rings is 1. The third-order valence-electron chi connectivity index (χ3n) is 3.14. The molecule has 1 unspecified atom stereocenters. The lowest BCUT2D eigenvalue weighted by molar-refractivity contribution is 0.0912. The summed E-state index contributed by atoms with van der Waals surface area (Å²) in [6, 6.07) is 9.20. The molecule has 3 nitrogen and oxygen atoms in total. The van der Waals surface area contributed by atoms with E-state index in [0.717, 1.165) is 0 Å². The molecule has 0 aliphatic heterocycles. The van der Waals surface area contributed by atoms with E-state index in [0.29, 0.717) is 4.90 Å². The summed E-state index contributed by atoms with van der Waals surface area (Å²) in [4.78, 5) is 0.694.